The Hall–Kier alpha value is -3.66. The van der Waals surface area contributed by atoms with E-state index in [1.165, 1.54) is 43.8 Å². The number of amides is 1. The second kappa shape index (κ2) is 9.07. The summed E-state index contributed by atoms with van der Waals surface area (Å²) in [5, 5.41) is 2.69. The van der Waals surface area contributed by atoms with Gasteiger partial charge in [0, 0.05) is 46.4 Å². The van der Waals surface area contributed by atoms with Gasteiger partial charge in [0.2, 0.25) is 0 Å². The molecular weight excluding hydrogens is 459 g/mol. The van der Waals surface area contributed by atoms with E-state index < -0.39 is 17.6 Å². The number of halogens is 4. The second-order valence-electron chi connectivity index (χ2n) is 7.22. The van der Waals surface area contributed by atoms with Crippen molar-refractivity contribution in [2.45, 2.75) is 25.2 Å². The number of carbonyl (C=O) groups is 1. The van der Waals surface area contributed by atoms with Crippen molar-refractivity contribution in [2.24, 2.45) is 0 Å². The number of nitrogens with one attached hydrogen (secondary N) is 1. The zero-order chi connectivity index (χ0) is 23.6. The standard InChI is InChI=1S/C22H17ClF3N5O2/c1-13(24)10-31-12-29-19-7-14(6-18(20(19)31)15-8-27-11-28-9-15)21(32)30-16-2-4-17(5-3-16)33-22(23,25)26/h2-9,11-13H,10H2,1H3,(H,30,32). The largest absolute Gasteiger partial charge is 0.487 e. The monoisotopic (exact) mass is 475 g/mol. The van der Waals surface area contributed by atoms with Crippen molar-refractivity contribution in [1.29, 1.82) is 0 Å². The summed E-state index contributed by atoms with van der Waals surface area (Å²) >= 11 is 4.75. The molecule has 0 radical (unpaired) electrons. The third-order valence-electron chi connectivity index (χ3n) is 4.64. The summed E-state index contributed by atoms with van der Waals surface area (Å²) in [6.45, 7) is 1.54. The molecule has 1 N–H and O–H groups in total. The molecule has 7 nitrogen and oxygen atoms in total. The van der Waals surface area contributed by atoms with Crippen LogP contribution < -0.4 is 10.1 Å². The van der Waals surface area contributed by atoms with E-state index in [-0.39, 0.29) is 17.9 Å². The maximum Gasteiger partial charge on any atom is 0.487 e. The Morgan fingerprint density at radius 3 is 2.55 bits per heavy atom. The maximum absolute atomic E-state index is 13.7. The van der Waals surface area contributed by atoms with Gasteiger partial charge in [-0.25, -0.2) is 19.3 Å². The predicted molar refractivity (Wildman–Crippen MR) is 117 cm³/mol. The summed E-state index contributed by atoms with van der Waals surface area (Å²) in [4.78, 5) is 25.3. The zero-order valence-corrected chi connectivity index (χ0v) is 17.9. The number of carbonyl (C=O) groups excluding carboxylic acids is 1. The van der Waals surface area contributed by atoms with Gasteiger partial charge < -0.3 is 14.6 Å². The van der Waals surface area contributed by atoms with Gasteiger partial charge >= 0.3 is 5.57 Å². The Bertz CT molecular complexity index is 1280. The van der Waals surface area contributed by atoms with Crippen LogP contribution in [0.4, 0.5) is 18.9 Å². The first-order valence-electron chi connectivity index (χ1n) is 9.75. The number of aromatic nitrogens is 4. The molecule has 2 aromatic heterocycles. The third kappa shape index (κ3) is 5.40. The van der Waals surface area contributed by atoms with Gasteiger partial charge in [0.25, 0.3) is 5.91 Å². The fourth-order valence-corrected chi connectivity index (χ4v) is 3.44. The van der Waals surface area contributed by atoms with Gasteiger partial charge in [-0.2, -0.15) is 0 Å². The highest BCUT2D eigenvalue weighted by Gasteiger charge is 2.27. The number of hydrogen-bond donors (Lipinski definition) is 1. The SMILES string of the molecule is CC(F)Cn1cnc2cc(C(=O)Nc3ccc(OC(F)(F)Cl)cc3)cc(-c3cncnc3)c21. The Labute approximate surface area is 191 Å². The molecule has 2 heterocycles. The van der Waals surface area contributed by atoms with Crippen LogP contribution in [0.25, 0.3) is 22.2 Å². The van der Waals surface area contributed by atoms with E-state index in [1.54, 1.807) is 29.1 Å². The molecule has 4 rings (SSSR count). The molecule has 1 atom stereocenters. The lowest BCUT2D eigenvalue weighted by molar-refractivity contribution is -0.0964. The minimum atomic E-state index is -3.83. The molecule has 2 aromatic carbocycles. The number of rotatable bonds is 7. The summed E-state index contributed by atoms with van der Waals surface area (Å²) in [5.41, 5.74) is -0.802. The van der Waals surface area contributed by atoms with Crippen LogP contribution in [0.5, 0.6) is 5.75 Å². The van der Waals surface area contributed by atoms with Gasteiger partial charge in [0.05, 0.1) is 23.9 Å². The van der Waals surface area contributed by atoms with Crippen molar-refractivity contribution >= 4 is 34.2 Å². The molecule has 1 amide bonds. The summed E-state index contributed by atoms with van der Waals surface area (Å²) < 4.78 is 45.1. The molecule has 4 aromatic rings. The van der Waals surface area contributed by atoms with Crippen molar-refractivity contribution in [3.8, 4) is 16.9 Å². The third-order valence-corrected chi connectivity index (χ3v) is 4.72. The van der Waals surface area contributed by atoms with Crippen LogP contribution in [0, 0.1) is 0 Å². The smallest absolute Gasteiger partial charge is 0.420 e. The summed E-state index contributed by atoms with van der Waals surface area (Å²) in [6, 6.07) is 8.53. The van der Waals surface area contributed by atoms with Crippen LogP contribution in [0.3, 0.4) is 0 Å². The van der Waals surface area contributed by atoms with Crippen molar-refractivity contribution in [3.05, 3.63) is 67.0 Å². The number of fused-ring (bicyclic) bond motifs is 1. The lowest BCUT2D eigenvalue weighted by Gasteiger charge is -2.13. The van der Waals surface area contributed by atoms with E-state index in [0.29, 0.717) is 27.8 Å². The zero-order valence-electron chi connectivity index (χ0n) is 17.2. The van der Waals surface area contributed by atoms with Gasteiger partial charge in [-0.3, -0.25) is 4.79 Å². The van der Waals surface area contributed by atoms with Gasteiger partial charge in [-0.05, 0) is 43.3 Å². The first-order valence-corrected chi connectivity index (χ1v) is 10.1. The van der Waals surface area contributed by atoms with Gasteiger partial charge in [0.1, 0.15) is 18.2 Å². The van der Waals surface area contributed by atoms with Crippen LogP contribution in [0.15, 0.2) is 61.4 Å². The number of nitrogens with zero attached hydrogens (tertiary/aromatic N) is 4. The van der Waals surface area contributed by atoms with E-state index in [1.807, 2.05) is 0 Å². The van der Waals surface area contributed by atoms with E-state index >= 15 is 0 Å². The quantitative estimate of drug-likeness (QED) is 0.368. The average molecular weight is 476 g/mol. The Morgan fingerprint density at radius 2 is 1.91 bits per heavy atom. The Morgan fingerprint density at radius 1 is 1.21 bits per heavy atom. The first kappa shape index (κ1) is 22.5. The van der Waals surface area contributed by atoms with Crippen LogP contribution in [0.1, 0.15) is 17.3 Å². The number of benzene rings is 2. The minimum Gasteiger partial charge on any atom is -0.420 e. The molecule has 0 aliphatic rings. The van der Waals surface area contributed by atoms with Crippen molar-refractivity contribution < 1.29 is 22.7 Å². The molecule has 0 bridgehead atoms. The summed E-state index contributed by atoms with van der Waals surface area (Å²) in [5.74, 6) is -0.617. The van der Waals surface area contributed by atoms with Gasteiger partial charge in [-0.1, -0.05) is 0 Å². The minimum absolute atomic E-state index is 0.0957. The maximum atomic E-state index is 13.7. The Balaban J connectivity index is 1.67. The molecule has 0 spiro atoms. The Kier molecular flexibility index (Phi) is 6.19. The van der Waals surface area contributed by atoms with Gasteiger partial charge in [-0.15, -0.1) is 8.78 Å². The molecule has 0 fully saturated rings. The van der Waals surface area contributed by atoms with Crippen molar-refractivity contribution in [3.63, 3.8) is 0 Å². The van der Waals surface area contributed by atoms with Crippen LogP contribution in [-0.2, 0) is 6.54 Å². The fraction of sp³-hybridized carbons (Fsp3) is 0.182. The number of imidazole rings is 1. The highest BCUT2D eigenvalue weighted by atomic mass is 35.5. The molecule has 0 saturated heterocycles. The van der Waals surface area contributed by atoms with Crippen molar-refractivity contribution in [2.75, 3.05) is 5.32 Å². The highest BCUT2D eigenvalue weighted by molar-refractivity contribution is 6.20. The molecule has 0 aliphatic carbocycles. The average Bonchev–Trinajstić information content (AvgIpc) is 3.16. The van der Waals surface area contributed by atoms with Crippen LogP contribution in [0.2, 0.25) is 0 Å². The summed E-state index contributed by atoms with van der Waals surface area (Å²) in [7, 11) is 0. The number of ether oxygens (including phenoxy) is 1. The van der Waals surface area contributed by atoms with E-state index in [0.717, 1.165) is 0 Å². The second-order valence-corrected chi connectivity index (χ2v) is 7.66. The topological polar surface area (TPSA) is 81.9 Å². The fourth-order valence-electron chi connectivity index (χ4n) is 3.35. The van der Waals surface area contributed by atoms with E-state index in [2.05, 4.69) is 25.0 Å². The molecule has 0 saturated carbocycles. The lowest BCUT2D eigenvalue weighted by atomic mass is 10.0. The molecule has 1 unspecified atom stereocenters. The first-order chi connectivity index (χ1) is 15.7. The number of hydrogen-bond acceptors (Lipinski definition) is 5. The van der Waals surface area contributed by atoms with Crippen molar-refractivity contribution in [1.82, 2.24) is 19.5 Å². The molecular formula is C22H17ClF3N5O2. The normalized spacial score (nSPS) is 12.5. The highest BCUT2D eigenvalue weighted by Crippen LogP contribution is 2.30. The molecule has 33 heavy (non-hydrogen) atoms. The van der Waals surface area contributed by atoms with Crippen LogP contribution >= 0.6 is 11.6 Å². The van der Waals surface area contributed by atoms with E-state index in [9.17, 15) is 18.0 Å². The molecule has 0 aliphatic heterocycles. The van der Waals surface area contributed by atoms with E-state index in [4.69, 9.17) is 11.6 Å². The number of anilines is 1. The molecule has 170 valence electrons. The predicted octanol–water partition coefficient (Wildman–Crippen LogP) is 5.27. The summed E-state index contributed by atoms with van der Waals surface area (Å²) in [6.07, 6.45) is 4.97. The number of alkyl halides is 4. The molecule has 11 heteroatoms. The van der Waals surface area contributed by atoms with Gasteiger partial charge in [0.15, 0.2) is 0 Å². The lowest BCUT2D eigenvalue weighted by Crippen LogP contribution is -2.16. The van der Waals surface area contributed by atoms with Crippen LogP contribution in [-0.4, -0.2) is 37.2 Å².